The number of rotatable bonds is 6. The molecule has 0 saturated heterocycles. The molecule has 1 nitrogen and oxygen atoms in total. The fraction of sp³-hybridized carbons (Fsp3) is 0.652. The molecule has 1 fully saturated rings. The van der Waals surface area contributed by atoms with Gasteiger partial charge in [0.15, 0.2) is 0 Å². The zero-order valence-corrected chi connectivity index (χ0v) is 15.6. The fourth-order valence-electron chi connectivity index (χ4n) is 4.75. The average molecular weight is 345 g/mol. The molecule has 2 heteroatoms. The van der Waals surface area contributed by atoms with E-state index in [1.54, 1.807) is 17.7 Å². The Labute approximate surface area is 152 Å². The van der Waals surface area contributed by atoms with Crippen LogP contribution in [0.4, 0.5) is 4.39 Å². The van der Waals surface area contributed by atoms with Gasteiger partial charge in [-0.2, -0.15) is 0 Å². The third-order valence-electron chi connectivity index (χ3n) is 6.50. The summed E-state index contributed by atoms with van der Waals surface area (Å²) in [6.07, 6.45) is 15.7. The first kappa shape index (κ1) is 18.6. The van der Waals surface area contributed by atoms with Gasteiger partial charge in [-0.15, -0.1) is 0 Å². The van der Waals surface area contributed by atoms with Crippen molar-refractivity contribution in [3.8, 4) is 0 Å². The SMILES string of the molecule is CCCCCC1CCC(C2=CCC(O)(c3ccc(F)cc3)CC2)CC1. The molecule has 1 saturated carbocycles. The Morgan fingerprint density at radius 1 is 1.08 bits per heavy atom. The molecule has 1 aromatic rings. The molecule has 2 aliphatic carbocycles. The number of hydrogen-bond donors (Lipinski definition) is 1. The molecule has 0 heterocycles. The molecule has 0 radical (unpaired) electrons. The highest BCUT2D eigenvalue weighted by molar-refractivity contribution is 5.27. The third kappa shape index (κ3) is 4.73. The van der Waals surface area contributed by atoms with Crippen LogP contribution in [0.3, 0.4) is 0 Å². The van der Waals surface area contributed by atoms with Gasteiger partial charge >= 0.3 is 0 Å². The van der Waals surface area contributed by atoms with Crippen molar-refractivity contribution in [2.75, 3.05) is 0 Å². The van der Waals surface area contributed by atoms with Gasteiger partial charge in [0.05, 0.1) is 5.60 Å². The summed E-state index contributed by atoms with van der Waals surface area (Å²) in [6.45, 7) is 2.28. The van der Waals surface area contributed by atoms with Crippen LogP contribution in [-0.4, -0.2) is 5.11 Å². The molecule has 1 unspecified atom stereocenters. The molecule has 0 aromatic heterocycles. The van der Waals surface area contributed by atoms with Crippen molar-refractivity contribution in [3.05, 3.63) is 47.3 Å². The molecule has 1 N–H and O–H groups in total. The summed E-state index contributed by atoms with van der Waals surface area (Å²) in [5.74, 6) is 1.44. The maximum atomic E-state index is 13.1. The Balaban J connectivity index is 1.52. The van der Waals surface area contributed by atoms with E-state index in [0.717, 1.165) is 30.2 Å². The van der Waals surface area contributed by atoms with Gasteiger partial charge < -0.3 is 5.11 Å². The molecule has 3 rings (SSSR count). The minimum atomic E-state index is -0.811. The predicted molar refractivity (Wildman–Crippen MR) is 102 cm³/mol. The molecule has 1 atom stereocenters. The number of unbranched alkanes of at least 4 members (excludes halogenated alkanes) is 2. The van der Waals surface area contributed by atoms with Crippen LogP contribution in [0.5, 0.6) is 0 Å². The van der Waals surface area contributed by atoms with E-state index in [-0.39, 0.29) is 5.82 Å². The van der Waals surface area contributed by atoms with Crippen molar-refractivity contribution in [2.45, 2.75) is 83.2 Å². The second-order valence-corrected chi connectivity index (χ2v) is 8.24. The first-order valence-corrected chi connectivity index (χ1v) is 10.3. The van der Waals surface area contributed by atoms with Gasteiger partial charge in [0, 0.05) is 0 Å². The van der Waals surface area contributed by atoms with E-state index in [9.17, 15) is 9.50 Å². The first-order chi connectivity index (χ1) is 12.1. The van der Waals surface area contributed by atoms with E-state index in [1.165, 1.54) is 63.5 Å². The molecule has 1 aromatic carbocycles. The Kier molecular flexibility index (Phi) is 6.33. The van der Waals surface area contributed by atoms with Crippen molar-refractivity contribution in [1.82, 2.24) is 0 Å². The molecule has 138 valence electrons. The Bertz CT molecular complexity index is 568. The van der Waals surface area contributed by atoms with E-state index in [1.807, 2.05) is 0 Å². The van der Waals surface area contributed by atoms with Crippen LogP contribution in [-0.2, 0) is 5.60 Å². The van der Waals surface area contributed by atoms with E-state index >= 15 is 0 Å². The number of hydrogen-bond acceptors (Lipinski definition) is 1. The van der Waals surface area contributed by atoms with Crippen LogP contribution < -0.4 is 0 Å². The average Bonchev–Trinajstić information content (AvgIpc) is 2.64. The smallest absolute Gasteiger partial charge is 0.123 e. The minimum Gasteiger partial charge on any atom is -0.385 e. The summed E-state index contributed by atoms with van der Waals surface area (Å²) in [7, 11) is 0. The van der Waals surface area contributed by atoms with Gasteiger partial charge in [-0.1, -0.05) is 56.4 Å². The molecule has 0 spiro atoms. The van der Waals surface area contributed by atoms with Crippen LogP contribution in [0.15, 0.2) is 35.9 Å². The van der Waals surface area contributed by atoms with Gasteiger partial charge in [0.1, 0.15) is 5.82 Å². The molecule has 0 aliphatic heterocycles. The topological polar surface area (TPSA) is 20.2 Å². The maximum Gasteiger partial charge on any atom is 0.123 e. The Hall–Kier alpha value is -1.15. The molecule has 0 bridgehead atoms. The summed E-state index contributed by atoms with van der Waals surface area (Å²) in [4.78, 5) is 0. The monoisotopic (exact) mass is 344 g/mol. The number of allylic oxidation sites excluding steroid dienone is 1. The van der Waals surface area contributed by atoms with Gasteiger partial charge in [0.25, 0.3) is 0 Å². The van der Waals surface area contributed by atoms with Gasteiger partial charge in [-0.05, 0) is 74.5 Å². The van der Waals surface area contributed by atoms with Gasteiger partial charge in [-0.3, -0.25) is 0 Å². The van der Waals surface area contributed by atoms with Gasteiger partial charge in [-0.25, -0.2) is 4.39 Å². The highest BCUT2D eigenvalue weighted by Gasteiger charge is 2.33. The number of benzene rings is 1. The second kappa shape index (κ2) is 8.49. The third-order valence-corrected chi connectivity index (χ3v) is 6.50. The molecular formula is C23H33FO. The van der Waals surface area contributed by atoms with Crippen LogP contribution in [0.1, 0.15) is 83.1 Å². The summed E-state index contributed by atoms with van der Waals surface area (Å²) in [5, 5.41) is 10.9. The summed E-state index contributed by atoms with van der Waals surface area (Å²) < 4.78 is 13.1. The van der Waals surface area contributed by atoms with E-state index in [0.29, 0.717) is 6.42 Å². The Morgan fingerprint density at radius 3 is 2.40 bits per heavy atom. The van der Waals surface area contributed by atoms with Crippen molar-refractivity contribution in [3.63, 3.8) is 0 Å². The van der Waals surface area contributed by atoms with Gasteiger partial charge in [0.2, 0.25) is 0 Å². The van der Waals surface area contributed by atoms with Crippen molar-refractivity contribution in [1.29, 1.82) is 0 Å². The van der Waals surface area contributed by atoms with Crippen molar-refractivity contribution >= 4 is 0 Å². The first-order valence-electron chi connectivity index (χ1n) is 10.3. The van der Waals surface area contributed by atoms with Crippen LogP contribution in [0.25, 0.3) is 0 Å². The predicted octanol–water partition coefficient (Wildman–Crippen LogP) is 6.51. The lowest BCUT2D eigenvalue weighted by atomic mass is 9.71. The standard InChI is InChI=1S/C23H33FO/c1-2-3-4-5-18-6-8-19(9-7-18)20-14-16-23(25,17-15-20)21-10-12-22(24)13-11-21/h10-14,18-19,25H,2-9,15-17H2,1H3. The molecular weight excluding hydrogens is 311 g/mol. The lowest BCUT2D eigenvalue weighted by molar-refractivity contribution is 0.0240. The minimum absolute atomic E-state index is 0.241. The zero-order chi connectivity index (χ0) is 17.7. The highest BCUT2D eigenvalue weighted by atomic mass is 19.1. The lowest BCUT2D eigenvalue weighted by Crippen LogP contribution is -2.29. The van der Waals surface area contributed by atoms with E-state index in [2.05, 4.69) is 13.0 Å². The number of aliphatic hydroxyl groups is 1. The summed E-state index contributed by atoms with van der Waals surface area (Å²) in [5.41, 5.74) is 1.61. The van der Waals surface area contributed by atoms with Crippen LogP contribution in [0, 0.1) is 17.7 Å². The second-order valence-electron chi connectivity index (χ2n) is 8.24. The van der Waals surface area contributed by atoms with Crippen molar-refractivity contribution < 1.29 is 9.50 Å². The molecule has 0 amide bonds. The lowest BCUT2D eigenvalue weighted by Gasteiger charge is -2.36. The van der Waals surface area contributed by atoms with E-state index < -0.39 is 5.60 Å². The maximum absolute atomic E-state index is 13.1. The normalized spacial score (nSPS) is 30.1. The highest BCUT2D eigenvalue weighted by Crippen LogP contribution is 2.43. The zero-order valence-electron chi connectivity index (χ0n) is 15.6. The molecule has 2 aliphatic rings. The molecule has 25 heavy (non-hydrogen) atoms. The summed E-state index contributed by atoms with van der Waals surface area (Å²) in [6, 6.07) is 6.37. The Morgan fingerprint density at radius 2 is 1.80 bits per heavy atom. The quantitative estimate of drug-likeness (QED) is 0.460. The summed E-state index contributed by atoms with van der Waals surface area (Å²) >= 11 is 0. The van der Waals surface area contributed by atoms with Crippen LogP contribution >= 0.6 is 0 Å². The van der Waals surface area contributed by atoms with E-state index in [4.69, 9.17) is 0 Å². The largest absolute Gasteiger partial charge is 0.385 e. The van der Waals surface area contributed by atoms with Crippen molar-refractivity contribution in [2.24, 2.45) is 11.8 Å². The fourth-order valence-corrected chi connectivity index (χ4v) is 4.75. The van der Waals surface area contributed by atoms with Crippen LogP contribution in [0.2, 0.25) is 0 Å². The number of halogens is 1.